The Morgan fingerprint density at radius 3 is 3.29 bits per heavy atom. The molecule has 1 aromatic carbocycles. The number of anilines is 1. The van der Waals surface area contributed by atoms with Crippen LogP contribution in [0, 0.1) is 5.82 Å². The van der Waals surface area contributed by atoms with Crippen LogP contribution in [0.25, 0.3) is 0 Å². The molecule has 2 aliphatic rings. The van der Waals surface area contributed by atoms with Crippen molar-refractivity contribution >= 4 is 5.69 Å². The second-order valence-electron chi connectivity index (χ2n) is 4.03. The standard InChI is InChI=1S/C11H13FN2/c12-9-2-1-8-5-10-7-13-3-4-14(10)11(8)6-9/h1-2,6,10,13H,3-5,7H2. The van der Waals surface area contributed by atoms with E-state index in [0.717, 1.165) is 31.7 Å². The third-order valence-corrected chi connectivity index (χ3v) is 3.16. The molecule has 0 saturated carbocycles. The van der Waals surface area contributed by atoms with Gasteiger partial charge < -0.3 is 10.2 Å². The van der Waals surface area contributed by atoms with Crippen LogP contribution >= 0.6 is 0 Å². The topological polar surface area (TPSA) is 15.3 Å². The summed E-state index contributed by atoms with van der Waals surface area (Å²) < 4.78 is 13.1. The maximum Gasteiger partial charge on any atom is 0.125 e. The summed E-state index contributed by atoms with van der Waals surface area (Å²) in [5, 5.41) is 3.37. The predicted molar refractivity (Wildman–Crippen MR) is 54.1 cm³/mol. The molecule has 0 bridgehead atoms. The van der Waals surface area contributed by atoms with E-state index < -0.39 is 0 Å². The van der Waals surface area contributed by atoms with E-state index >= 15 is 0 Å². The summed E-state index contributed by atoms with van der Waals surface area (Å²) in [5.74, 6) is -0.122. The average Bonchev–Trinajstić information content (AvgIpc) is 2.56. The summed E-state index contributed by atoms with van der Waals surface area (Å²) >= 11 is 0. The first-order valence-corrected chi connectivity index (χ1v) is 5.10. The van der Waals surface area contributed by atoms with Crippen molar-refractivity contribution in [1.29, 1.82) is 0 Å². The van der Waals surface area contributed by atoms with Crippen LogP contribution in [-0.2, 0) is 6.42 Å². The minimum Gasteiger partial charge on any atom is -0.365 e. The van der Waals surface area contributed by atoms with Crippen molar-refractivity contribution in [3.63, 3.8) is 0 Å². The molecule has 2 nitrogen and oxygen atoms in total. The lowest BCUT2D eigenvalue weighted by Gasteiger charge is -2.32. The molecule has 3 heteroatoms. The van der Waals surface area contributed by atoms with Crippen LogP contribution in [0.2, 0.25) is 0 Å². The van der Waals surface area contributed by atoms with Crippen molar-refractivity contribution in [2.45, 2.75) is 12.5 Å². The van der Waals surface area contributed by atoms with Crippen LogP contribution in [0.4, 0.5) is 10.1 Å². The highest BCUT2D eigenvalue weighted by Gasteiger charge is 2.30. The lowest BCUT2D eigenvalue weighted by molar-refractivity contribution is 0.494. The van der Waals surface area contributed by atoms with E-state index in [9.17, 15) is 4.39 Å². The van der Waals surface area contributed by atoms with Gasteiger partial charge in [-0.3, -0.25) is 0 Å². The van der Waals surface area contributed by atoms with Crippen LogP contribution in [0.1, 0.15) is 5.56 Å². The molecule has 2 aliphatic heterocycles. The average molecular weight is 192 g/mol. The molecule has 3 rings (SSSR count). The van der Waals surface area contributed by atoms with E-state index in [0.29, 0.717) is 6.04 Å². The van der Waals surface area contributed by atoms with Crippen molar-refractivity contribution < 1.29 is 4.39 Å². The SMILES string of the molecule is Fc1ccc2c(c1)N1CCNCC1C2. The highest BCUT2D eigenvalue weighted by molar-refractivity contribution is 5.60. The van der Waals surface area contributed by atoms with Gasteiger partial charge >= 0.3 is 0 Å². The smallest absolute Gasteiger partial charge is 0.125 e. The van der Waals surface area contributed by atoms with Crippen LogP contribution < -0.4 is 10.2 Å². The molecule has 2 heterocycles. The molecule has 1 N–H and O–H groups in total. The minimum atomic E-state index is -0.122. The maximum atomic E-state index is 13.1. The monoisotopic (exact) mass is 192 g/mol. The number of hydrogen-bond donors (Lipinski definition) is 1. The second-order valence-corrected chi connectivity index (χ2v) is 4.03. The molecule has 1 atom stereocenters. The van der Waals surface area contributed by atoms with Gasteiger partial charge in [-0.2, -0.15) is 0 Å². The zero-order valence-electron chi connectivity index (χ0n) is 7.96. The van der Waals surface area contributed by atoms with Gasteiger partial charge in [-0.25, -0.2) is 4.39 Å². The van der Waals surface area contributed by atoms with Crippen molar-refractivity contribution in [3.05, 3.63) is 29.6 Å². The van der Waals surface area contributed by atoms with E-state index in [2.05, 4.69) is 10.2 Å². The summed E-state index contributed by atoms with van der Waals surface area (Å²) in [4.78, 5) is 2.33. The lowest BCUT2D eigenvalue weighted by atomic mass is 10.1. The first-order chi connectivity index (χ1) is 6.84. The van der Waals surface area contributed by atoms with Gasteiger partial charge in [-0.1, -0.05) is 6.07 Å². The maximum absolute atomic E-state index is 13.1. The van der Waals surface area contributed by atoms with Crippen LogP contribution in [0.5, 0.6) is 0 Å². The zero-order chi connectivity index (χ0) is 9.54. The largest absolute Gasteiger partial charge is 0.365 e. The molecule has 1 fully saturated rings. The first kappa shape index (κ1) is 8.24. The van der Waals surface area contributed by atoms with Crippen molar-refractivity contribution in [2.75, 3.05) is 24.5 Å². The fourth-order valence-corrected chi connectivity index (χ4v) is 2.49. The fraction of sp³-hybridized carbons (Fsp3) is 0.455. The van der Waals surface area contributed by atoms with E-state index in [1.54, 1.807) is 12.1 Å². The second kappa shape index (κ2) is 2.95. The molecule has 0 aromatic heterocycles. The molecular weight excluding hydrogens is 179 g/mol. The Morgan fingerprint density at radius 1 is 1.43 bits per heavy atom. The molecule has 74 valence electrons. The van der Waals surface area contributed by atoms with Gasteiger partial charge in [0.2, 0.25) is 0 Å². The van der Waals surface area contributed by atoms with Crippen LogP contribution in [0.3, 0.4) is 0 Å². The number of rotatable bonds is 0. The van der Waals surface area contributed by atoms with Gasteiger partial charge in [-0.15, -0.1) is 0 Å². The molecular formula is C11H13FN2. The first-order valence-electron chi connectivity index (χ1n) is 5.10. The van der Waals surface area contributed by atoms with Crippen molar-refractivity contribution in [1.82, 2.24) is 5.32 Å². The van der Waals surface area contributed by atoms with E-state index in [-0.39, 0.29) is 5.82 Å². The minimum absolute atomic E-state index is 0.122. The van der Waals surface area contributed by atoms with E-state index in [1.807, 2.05) is 6.07 Å². The molecule has 1 unspecified atom stereocenters. The molecule has 0 spiro atoms. The quantitative estimate of drug-likeness (QED) is 0.663. The normalized spacial score (nSPS) is 24.6. The van der Waals surface area contributed by atoms with Crippen LogP contribution in [-0.4, -0.2) is 25.7 Å². The van der Waals surface area contributed by atoms with Gasteiger partial charge in [-0.05, 0) is 24.1 Å². The summed E-state index contributed by atoms with van der Waals surface area (Å²) in [6.45, 7) is 3.03. The number of nitrogens with zero attached hydrogens (tertiary/aromatic N) is 1. The third-order valence-electron chi connectivity index (χ3n) is 3.16. The highest BCUT2D eigenvalue weighted by Crippen LogP contribution is 2.33. The molecule has 1 aromatic rings. The number of benzene rings is 1. The van der Waals surface area contributed by atoms with Crippen molar-refractivity contribution in [3.8, 4) is 0 Å². The van der Waals surface area contributed by atoms with Gasteiger partial charge in [0.05, 0.1) is 0 Å². The number of hydrogen-bond acceptors (Lipinski definition) is 2. The fourth-order valence-electron chi connectivity index (χ4n) is 2.49. The molecule has 0 aliphatic carbocycles. The predicted octanol–water partition coefficient (Wildman–Crippen LogP) is 1.16. The number of nitrogens with one attached hydrogen (secondary N) is 1. The van der Waals surface area contributed by atoms with Crippen LogP contribution in [0.15, 0.2) is 18.2 Å². The highest BCUT2D eigenvalue weighted by atomic mass is 19.1. The molecule has 0 amide bonds. The van der Waals surface area contributed by atoms with Crippen molar-refractivity contribution in [2.24, 2.45) is 0 Å². The summed E-state index contributed by atoms with van der Waals surface area (Å²) in [7, 11) is 0. The third kappa shape index (κ3) is 1.12. The van der Waals surface area contributed by atoms with Gasteiger partial charge in [0.1, 0.15) is 5.82 Å². The Bertz CT molecular complexity index is 364. The Hall–Kier alpha value is -1.09. The Kier molecular flexibility index (Phi) is 1.74. The summed E-state index contributed by atoms with van der Waals surface area (Å²) in [5.41, 5.74) is 2.40. The number of halogens is 1. The molecule has 1 saturated heterocycles. The number of piperazine rings is 1. The Labute approximate surface area is 82.7 Å². The summed E-state index contributed by atoms with van der Waals surface area (Å²) in [6.07, 6.45) is 1.06. The van der Waals surface area contributed by atoms with Gasteiger partial charge in [0, 0.05) is 31.4 Å². The molecule has 0 radical (unpaired) electrons. The van der Waals surface area contributed by atoms with E-state index in [4.69, 9.17) is 0 Å². The Balaban J connectivity index is 2.02. The molecule has 14 heavy (non-hydrogen) atoms. The van der Waals surface area contributed by atoms with Gasteiger partial charge in [0.15, 0.2) is 0 Å². The lowest BCUT2D eigenvalue weighted by Crippen LogP contribution is -2.49. The summed E-state index contributed by atoms with van der Waals surface area (Å²) in [6, 6.07) is 5.69. The van der Waals surface area contributed by atoms with Gasteiger partial charge in [0.25, 0.3) is 0 Å². The Morgan fingerprint density at radius 2 is 2.36 bits per heavy atom. The van der Waals surface area contributed by atoms with E-state index in [1.165, 1.54) is 5.56 Å². The zero-order valence-corrected chi connectivity index (χ0v) is 7.96. The number of fused-ring (bicyclic) bond motifs is 3.